The first-order valence-electron chi connectivity index (χ1n) is 6.12. The van der Waals surface area contributed by atoms with Gasteiger partial charge in [-0.2, -0.15) is 0 Å². The van der Waals surface area contributed by atoms with E-state index in [0.29, 0.717) is 19.4 Å². The Bertz CT molecular complexity index is 522. The van der Waals surface area contributed by atoms with Crippen LogP contribution in [0.3, 0.4) is 0 Å². The number of hydrazine groups is 1. The van der Waals surface area contributed by atoms with E-state index in [-0.39, 0.29) is 5.82 Å². The molecule has 1 aliphatic heterocycles. The number of rotatable bonds is 3. The number of likely N-dealkylation sites (tertiary alicyclic amines) is 1. The van der Waals surface area contributed by atoms with Crippen LogP contribution < -0.4 is 10.9 Å². The van der Waals surface area contributed by atoms with Crippen LogP contribution in [0.15, 0.2) is 18.3 Å². The van der Waals surface area contributed by atoms with Gasteiger partial charge >= 0.3 is 6.09 Å². The Hall–Kier alpha value is -2.38. The molecule has 1 fully saturated rings. The highest BCUT2D eigenvalue weighted by atomic mass is 19.1. The molecule has 7 nitrogen and oxygen atoms in total. The predicted octanol–water partition coefficient (Wildman–Crippen LogP) is 1.20. The van der Waals surface area contributed by atoms with Crippen LogP contribution in [0.4, 0.5) is 15.0 Å². The zero-order valence-electron chi connectivity index (χ0n) is 10.9. The number of pyridine rings is 1. The number of carbonyl (C=O) groups excluding carboxylic acids is 1. The molecule has 0 saturated carbocycles. The van der Waals surface area contributed by atoms with E-state index in [4.69, 9.17) is 5.11 Å². The van der Waals surface area contributed by atoms with E-state index in [9.17, 15) is 14.0 Å². The van der Waals surface area contributed by atoms with Crippen LogP contribution in [0, 0.1) is 5.82 Å². The normalized spacial score (nSPS) is 21.6. The quantitative estimate of drug-likeness (QED) is 0.724. The maximum atomic E-state index is 12.7. The van der Waals surface area contributed by atoms with E-state index in [1.54, 1.807) is 6.92 Å². The fraction of sp³-hybridized carbons (Fsp3) is 0.417. The molecule has 1 atom stereocenters. The molecule has 1 saturated heterocycles. The number of hydrogen-bond donors (Lipinski definition) is 3. The number of nitrogens with zero attached hydrogens (tertiary/aromatic N) is 2. The molecular weight excluding hydrogens is 267 g/mol. The second-order valence-electron chi connectivity index (χ2n) is 4.75. The number of carboxylic acid groups (broad SMARTS) is 1. The third kappa shape index (κ3) is 2.63. The zero-order valence-corrected chi connectivity index (χ0v) is 10.9. The smallest absolute Gasteiger partial charge is 0.408 e. The van der Waals surface area contributed by atoms with Crippen molar-refractivity contribution >= 4 is 17.8 Å². The second kappa shape index (κ2) is 5.32. The van der Waals surface area contributed by atoms with Crippen molar-refractivity contribution in [2.45, 2.75) is 25.3 Å². The summed E-state index contributed by atoms with van der Waals surface area (Å²) in [4.78, 5) is 28.1. The first-order chi connectivity index (χ1) is 9.43. The fourth-order valence-corrected chi connectivity index (χ4v) is 2.21. The zero-order chi connectivity index (χ0) is 14.8. The lowest BCUT2D eigenvalue weighted by molar-refractivity contribution is -0.129. The molecule has 0 unspecified atom stereocenters. The summed E-state index contributed by atoms with van der Waals surface area (Å²) in [6, 6.07) is 2.56. The maximum absolute atomic E-state index is 12.7. The van der Waals surface area contributed by atoms with Crippen LogP contribution in [0.2, 0.25) is 0 Å². The summed E-state index contributed by atoms with van der Waals surface area (Å²) in [7, 11) is 0. The van der Waals surface area contributed by atoms with Gasteiger partial charge < -0.3 is 5.11 Å². The molecule has 2 heterocycles. The monoisotopic (exact) mass is 282 g/mol. The molecule has 0 radical (unpaired) electrons. The van der Waals surface area contributed by atoms with Crippen LogP contribution in [0.1, 0.15) is 19.8 Å². The van der Waals surface area contributed by atoms with Gasteiger partial charge in [0, 0.05) is 6.54 Å². The molecule has 3 N–H and O–H groups in total. The van der Waals surface area contributed by atoms with Crippen LogP contribution >= 0.6 is 0 Å². The van der Waals surface area contributed by atoms with E-state index in [0.717, 1.165) is 11.1 Å². The number of amides is 2. The number of halogens is 1. The molecule has 20 heavy (non-hydrogen) atoms. The summed E-state index contributed by atoms with van der Waals surface area (Å²) in [6.07, 6.45) is 0.962. The molecule has 1 aliphatic rings. The molecule has 0 spiro atoms. The minimum Gasteiger partial charge on any atom is -0.465 e. The van der Waals surface area contributed by atoms with Gasteiger partial charge in [0.25, 0.3) is 5.91 Å². The van der Waals surface area contributed by atoms with Gasteiger partial charge in [-0.25, -0.2) is 14.2 Å². The van der Waals surface area contributed by atoms with Gasteiger partial charge in [-0.1, -0.05) is 0 Å². The number of aromatic nitrogens is 1. The number of nitrogens with one attached hydrogen (secondary N) is 2. The Morgan fingerprint density at radius 1 is 1.50 bits per heavy atom. The van der Waals surface area contributed by atoms with E-state index < -0.39 is 23.4 Å². The third-order valence-electron chi connectivity index (χ3n) is 3.39. The van der Waals surface area contributed by atoms with E-state index in [1.807, 2.05) is 0 Å². The Balaban J connectivity index is 2.00. The second-order valence-corrected chi connectivity index (χ2v) is 4.75. The van der Waals surface area contributed by atoms with Gasteiger partial charge in [0.05, 0.1) is 6.20 Å². The van der Waals surface area contributed by atoms with Crippen molar-refractivity contribution < 1.29 is 19.1 Å². The molecule has 1 aromatic rings. The average Bonchev–Trinajstić information content (AvgIpc) is 2.81. The lowest BCUT2D eigenvalue weighted by Crippen LogP contribution is -2.56. The number of hydrogen-bond acceptors (Lipinski definition) is 4. The van der Waals surface area contributed by atoms with Crippen LogP contribution in [0.25, 0.3) is 0 Å². The number of carbonyl (C=O) groups is 2. The molecule has 2 rings (SSSR count). The average molecular weight is 282 g/mol. The standard InChI is InChI=1S/C12H15FN4O3/c1-12(5-2-6-17(12)11(19)20)10(18)16-15-9-4-3-8(13)7-14-9/h3-4,7H,2,5-6H2,1H3,(H,14,15)(H,16,18)(H,19,20)/t12-/m0/s1. The Kier molecular flexibility index (Phi) is 3.73. The summed E-state index contributed by atoms with van der Waals surface area (Å²) >= 11 is 0. The van der Waals surface area contributed by atoms with E-state index in [1.165, 1.54) is 12.1 Å². The van der Waals surface area contributed by atoms with Crippen LogP contribution in [0.5, 0.6) is 0 Å². The largest absolute Gasteiger partial charge is 0.465 e. The SMILES string of the molecule is C[C@@]1(C(=O)NNc2ccc(F)cn2)CCCN1C(=O)O. The van der Waals surface area contributed by atoms with Crippen LogP contribution in [-0.2, 0) is 4.79 Å². The molecule has 0 bridgehead atoms. The molecular formula is C12H15FN4O3. The number of anilines is 1. The van der Waals surface area contributed by atoms with Gasteiger partial charge in [0.15, 0.2) is 0 Å². The molecule has 0 aromatic carbocycles. The maximum Gasteiger partial charge on any atom is 0.408 e. The molecule has 8 heteroatoms. The predicted molar refractivity (Wildman–Crippen MR) is 68.3 cm³/mol. The van der Waals surface area contributed by atoms with Gasteiger partial charge in [-0.15, -0.1) is 0 Å². The fourth-order valence-electron chi connectivity index (χ4n) is 2.21. The summed E-state index contributed by atoms with van der Waals surface area (Å²) in [5.74, 6) is -0.687. The van der Waals surface area contributed by atoms with E-state index >= 15 is 0 Å². The van der Waals surface area contributed by atoms with Crippen molar-refractivity contribution in [3.05, 3.63) is 24.1 Å². The Morgan fingerprint density at radius 2 is 2.25 bits per heavy atom. The van der Waals surface area contributed by atoms with E-state index in [2.05, 4.69) is 15.8 Å². The highest BCUT2D eigenvalue weighted by Crippen LogP contribution is 2.29. The third-order valence-corrected chi connectivity index (χ3v) is 3.39. The molecule has 2 amide bonds. The highest BCUT2D eigenvalue weighted by Gasteiger charge is 2.46. The van der Waals surface area contributed by atoms with Crippen molar-refractivity contribution in [2.24, 2.45) is 0 Å². The van der Waals surface area contributed by atoms with Crippen molar-refractivity contribution in [1.82, 2.24) is 15.3 Å². The van der Waals surface area contributed by atoms with Crippen molar-refractivity contribution in [2.75, 3.05) is 12.0 Å². The van der Waals surface area contributed by atoms with Crippen LogP contribution in [-0.4, -0.2) is 39.1 Å². The molecule has 0 aliphatic carbocycles. The van der Waals surface area contributed by atoms with Gasteiger partial charge in [0.2, 0.25) is 0 Å². The minimum atomic E-state index is -1.12. The Morgan fingerprint density at radius 3 is 2.85 bits per heavy atom. The van der Waals surface area contributed by atoms with Gasteiger partial charge in [-0.3, -0.25) is 20.5 Å². The first kappa shape index (κ1) is 14.0. The summed E-state index contributed by atoms with van der Waals surface area (Å²) in [5, 5.41) is 9.09. The minimum absolute atomic E-state index is 0.267. The van der Waals surface area contributed by atoms with Crippen molar-refractivity contribution in [1.29, 1.82) is 0 Å². The van der Waals surface area contributed by atoms with Crippen molar-refractivity contribution in [3.63, 3.8) is 0 Å². The van der Waals surface area contributed by atoms with Gasteiger partial charge in [-0.05, 0) is 31.9 Å². The lowest BCUT2D eigenvalue weighted by Gasteiger charge is -2.31. The summed E-state index contributed by atoms with van der Waals surface area (Å²) < 4.78 is 12.7. The topological polar surface area (TPSA) is 94.6 Å². The van der Waals surface area contributed by atoms with Gasteiger partial charge in [0.1, 0.15) is 17.2 Å². The van der Waals surface area contributed by atoms with Crippen molar-refractivity contribution in [3.8, 4) is 0 Å². The summed E-state index contributed by atoms with van der Waals surface area (Å²) in [5.41, 5.74) is 3.83. The first-order valence-corrected chi connectivity index (χ1v) is 6.12. The summed E-state index contributed by atoms with van der Waals surface area (Å²) in [6.45, 7) is 1.90. The molecule has 108 valence electrons. The Labute approximate surface area is 114 Å². The molecule has 1 aromatic heterocycles. The lowest BCUT2D eigenvalue weighted by atomic mass is 9.98. The highest BCUT2D eigenvalue weighted by molar-refractivity contribution is 5.90.